The molecule has 3 nitrogen and oxygen atoms in total. The highest BCUT2D eigenvalue weighted by atomic mass is 79.9. The van der Waals surface area contributed by atoms with E-state index in [1.807, 2.05) is 24.3 Å². The summed E-state index contributed by atoms with van der Waals surface area (Å²) in [5.74, 6) is 0.831. The summed E-state index contributed by atoms with van der Waals surface area (Å²) in [5, 5.41) is 9.43. The first-order valence-electron chi connectivity index (χ1n) is 5.68. The van der Waals surface area contributed by atoms with Crippen LogP contribution < -0.4 is 4.74 Å². The number of hydrogen-bond acceptors (Lipinski definition) is 2. The van der Waals surface area contributed by atoms with Crippen molar-refractivity contribution in [3.63, 3.8) is 0 Å². The third-order valence-corrected chi connectivity index (χ3v) is 4.88. The SMILES string of the molecule is COc1c(-c2n[nH]c(Br)c2Br)ccc2ccccc12. The first-order chi connectivity index (χ1) is 9.22. The van der Waals surface area contributed by atoms with Gasteiger partial charge in [-0.25, -0.2) is 0 Å². The molecule has 3 rings (SSSR count). The Bertz CT molecular complexity index is 752. The molecule has 0 saturated heterocycles. The molecule has 5 heteroatoms. The number of nitrogens with one attached hydrogen (secondary N) is 1. The molecule has 0 fully saturated rings. The molecule has 1 N–H and O–H groups in total. The van der Waals surface area contributed by atoms with Crippen LogP contribution in [-0.2, 0) is 0 Å². The molecule has 0 aliphatic carbocycles. The summed E-state index contributed by atoms with van der Waals surface area (Å²) in [4.78, 5) is 0. The van der Waals surface area contributed by atoms with E-state index in [0.29, 0.717) is 0 Å². The molecule has 1 aromatic heterocycles. The molecule has 3 aromatic rings. The molecule has 19 heavy (non-hydrogen) atoms. The van der Waals surface area contributed by atoms with Crippen molar-refractivity contribution in [2.75, 3.05) is 7.11 Å². The van der Waals surface area contributed by atoms with E-state index >= 15 is 0 Å². The van der Waals surface area contributed by atoms with Gasteiger partial charge in [-0.3, -0.25) is 5.10 Å². The predicted octanol–water partition coefficient (Wildman–Crippen LogP) is 4.76. The Morgan fingerprint density at radius 1 is 1.11 bits per heavy atom. The molecular weight excluding hydrogens is 372 g/mol. The van der Waals surface area contributed by atoms with Gasteiger partial charge < -0.3 is 4.74 Å². The van der Waals surface area contributed by atoms with Crippen molar-refractivity contribution in [3.8, 4) is 17.0 Å². The van der Waals surface area contributed by atoms with Gasteiger partial charge in [0.15, 0.2) is 0 Å². The number of H-pyrrole nitrogens is 1. The second-order valence-electron chi connectivity index (χ2n) is 4.07. The van der Waals surface area contributed by atoms with Crippen LogP contribution in [0.4, 0.5) is 0 Å². The topological polar surface area (TPSA) is 37.9 Å². The second kappa shape index (κ2) is 4.98. The average Bonchev–Trinajstić information content (AvgIpc) is 2.77. The van der Waals surface area contributed by atoms with Gasteiger partial charge in [0.1, 0.15) is 16.0 Å². The molecular formula is C14H10Br2N2O. The highest BCUT2D eigenvalue weighted by Gasteiger charge is 2.16. The van der Waals surface area contributed by atoms with Crippen molar-refractivity contribution in [1.29, 1.82) is 0 Å². The van der Waals surface area contributed by atoms with E-state index in [9.17, 15) is 0 Å². The van der Waals surface area contributed by atoms with Gasteiger partial charge in [-0.15, -0.1) is 0 Å². The van der Waals surface area contributed by atoms with Crippen LogP contribution in [0.15, 0.2) is 45.5 Å². The number of aromatic amines is 1. The van der Waals surface area contributed by atoms with Crippen LogP contribution >= 0.6 is 31.9 Å². The molecule has 1 heterocycles. The fourth-order valence-corrected chi connectivity index (χ4v) is 2.80. The molecule has 0 aliphatic rings. The summed E-state index contributed by atoms with van der Waals surface area (Å²) in [5.41, 5.74) is 1.78. The Morgan fingerprint density at radius 2 is 1.89 bits per heavy atom. The van der Waals surface area contributed by atoms with Crippen LogP contribution in [0.25, 0.3) is 22.0 Å². The summed E-state index contributed by atoms with van der Waals surface area (Å²) in [6.45, 7) is 0. The summed E-state index contributed by atoms with van der Waals surface area (Å²) in [6.07, 6.45) is 0. The quantitative estimate of drug-likeness (QED) is 0.694. The zero-order chi connectivity index (χ0) is 13.4. The van der Waals surface area contributed by atoms with E-state index in [-0.39, 0.29) is 0 Å². The van der Waals surface area contributed by atoms with Crippen molar-refractivity contribution in [1.82, 2.24) is 10.2 Å². The van der Waals surface area contributed by atoms with Gasteiger partial charge in [0, 0.05) is 10.9 Å². The Balaban J connectivity index is 2.33. The second-order valence-corrected chi connectivity index (χ2v) is 5.65. The van der Waals surface area contributed by atoms with E-state index in [0.717, 1.165) is 36.9 Å². The highest BCUT2D eigenvalue weighted by Crippen LogP contribution is 2.40. The number of ether oxygens (including phenoxy) is 1. The molecule has 0 radical (unpaired) electrons. The fourth-order valence-electron chi connectivity index (χ4n) is 2.13. The first-order valence-corrected chi connectivity index (χ1v) is 7.26. The van der Waals surface area contributed by atoms with Crippen LogP contribution in [0, 0.1) is 0 Å². The minimum Gasteiger partial charge on any atom is -0.495 e. The molecule has 2 aromatic carbocycles. The monoisotopic (exact) mass is 380 g/mol. The Kier molecular flexibility index (Phi) is 3.33. The zero-order valence-corrected chi connectivity index (χ0v) is 13.2. The normalized spacial score (nSPS) is 10.9. The summed E-state index contributed by atoms with van der Waals surface area (Å²) in [6, 6.07) is 12.2. The zero-order valence-electron chi connectivity index (χ0n) is 10.1. The molecule has 0 saturated carbocycles. The number of methoxy groups -OCH3 is 1. The maximum Gasteiger partial charge on any atom is 0.136 e. The van der Waals surface area contributed by atoms with E-state index < -0.39 is 0 Å². The number of halogens is 2. The standard InChI is InChI=1S/C14H10Br2N2O/c1-19-13-9-5-3-2-4-8(9)6-7-10(13)12-11(15)14(16)18-17-12/h2-7H,1H3,(H,17,18). The van der Waals surface area contributed by atoms with E-state index in [2.05, 4.69) is 54.2 Å². The predicted molar refractivity (Wildman–Crippen MR) is 83.5 cm³/mol. The lowest BCUT2D eigenvalue weighted by Gasteiger charge is -2.10. The maximum atomic E-state index is 5.59. The number of rotatable bonds is 2. The van der Waals surface area contributed by atoms with Crippen LogP contribution in [0.1, 0.15) is 0 Å². The van der Waals surface area contributed by atoms with Gasteiger partial charge in [-0.05, 0) is 43.3 Å². The smallest absolute Gasteiger partial charge is 0.136 e. The van der Waals surface area contributed by atoms with Crippen molar-refractivity contribution in [2.45, 2.75) is 0 Å². The molecule has 0 atom stereocenters. The van der Waals surface area contributed by atoms with Gasteiger partial charge in [0.2, 0.25) is 0 Å². The summed E-state index contributed by atoms with van der Waals surface area (Å²) >= 11 is 6.92. The number of hydrogen-bond donors (Lipinski definition) is 1. The van der Waals surface area contributed by atoms with Gasteiger partial charge in [-0.1, -0.05) is 30.3 Å². The minimum atomic E-state index is 0.817. The van der Waals surface area contributed by atoms with Crippen LogP contribution in [-0.4, -0.2) is 17.3 Å². The molecule has 96 valence electrons. The third-order valence-electron chi connectivity index (χ3n) is 3.01. The summed E-state index contributed by atoms with van der Waals surface area (Å²) in [7, 11) is 1.68. The van der Waals surface area contributed by atoms with E-state index in [4.69, 9.17) is 4.74 Å². The van der Waals surface area contributed by atoms with Crippen molar-refractivity contribution in [3.05, 3.63) is 45.5 Å². The third kappa shape index (κ3) is 2.07. The number of nitrogens with zero attached hydrogens (tertiary/aromatic N) is 1. The average molecular weight is 382 g/mol. The maximum absolute atomic E-state index is 5.59. The van der Waals surface area contributed by atoms with E-state index in [1.54, 1.807) is 7.11 Å². The van der Waals surface area contributed by atoms with Crippen LogP contribution in [0.3, 0.4) is 0 Å². The number of aromatic nitrogens is 2. The molecule has 0 unspecified atom stereocenters. The lowest BCUT2D eigenvalue weighted by molar-refractivity contribution is 0.421. The lowest BCUT2D eigenvalue weighted by atomic mass is 10.0. The molecule has 0 aliphatic heterocycles. The number of benzene rings is 2. The largest absolute Gasteiger partial charge is 0.495 e. The Morgan fingerprint density at radius 3 is 2.58 bits per heavy atom. The van der Waals surface area contributed by atoms with Gasteiger partial charge in [-0.2, -0.15) is 5.10 Å². The Hall–Kier alpha value is -1.33. The van der Waals surface area contributed by atoms with E-state index in [1.165, 1.54) is 0 Å². The molecule has 0 bridgehead atoms. The van der Waals surface area contributed by atoms with Crippen LogP contribution in [0.5, 0.6) is 5.75 Å². The van der Waals surface area contributed by atoms with Gasteiger partial charge in [0.25, 0.3) is 0 Å². The lowest BCUT2D eigenvalue weighted by Crippen LogP contribution is -1.90. The summed E-state index contributed by atoms with van der Waals surface area (Å²) < 4.78 is 7.29. The minimum absolute atomic E-state index is 0.817. The van der Waals surface area contributed by atoms with Gasteiger partial charge in [0.05, 0.1) is 11.6 Å². The van der Waals surface area contributed by atoms with Gasteiger partial charge >= 0.3 is 0 Å². The van der Waals surface area contributed by atoms with Crippen molar-refractivity contribution in [2.24, 2.45) is 0 Å². The van der Waals surface area contributed by atoms with Crippen molar-refractivity contribution < 1.29 is 4.74 Å². The van der Waals surface area contributed by atoms with Crippen molar-refractivity contribution >= 4 is 42.6 Å². The number of fused-ring (bicyclic) bond motifs is 1. The molecule has 0 spiro atoms. The fraction of sp³-hybridized carbons (Fsp3) is 0.0714. The molecule has 0 amide bonds. The Labute approximate surface area is 127 Å². The first kappa shape index (κ1) is 12.7. The van der Waals surface area contributed by atoms with Crippen LogP contribution in [0.2, 0.25) is 0 Å². The highest BCUT2D eigenvalue weighted by molar-refractivity contribution is 9.13.